The molecule has 0 unspecified atom stereocenters. The summed E-state index contributed by atoms with van der Waals surface area (Å²) >= 11 is 0. The first kappa shape index (κ1) is 16.9. The number of benzene rings is 1. The van der Waals surface area contributed by atoms with Crippen LogP contribution in [-0.4, -0.2) is 9.97 Å². The zero-order chi connectivity index (χ0) is 16.6. The monoisotopic (exact) mass is 320 g/mol. The zero-order valence-corrected chi connectivity index (χ0v) is 14.8. The second-order valence-corrected chi connectivity index (χ2v) is 6.78. The highest BCUT2D eigenvalue weighted by atomic mass is 14.7. The third-order valence-electron chi connectivity index (χ3n) is 4.80. The molecule has 0 aliphatic heterocycles. The van der Waals surface area contributed by atoms with E-state index >= 15 is 0 Å². The standard InChI is InChI=1S/C22H28N2/c1-2-3-4-5-6-7-8-9-11-18-16-20-14-13-19-12-10-15-23-21(19)22(20)24-17-18/h10,12-17H,2-9,11H2,1H3. The van der Waals surface area contributed by atoms with E-state index in [4.69, 9.17) is 4.98 Å². The van der Waals surface area contributed by atoms with Gasteiger partial charge in [-0.15, -0.1) is 0 Å². The Morgan fingerprint density at radius 1 is 0.750 bits per heavy atom. The summed E-state index contributed by atoms with van der Waals surface area (Å²) in [6.45, 7) is 2.27. The fourth-order valence-corrected chi connectivity index (χ4v) is 3.38. The molecule has 0 aliphatic carbocycles. The molecule has 1 aromatic carbocycles. The molecular weight excluding hydrogens is 292 g/mol. The van der Waals surface area contributed by atoms with Crippen molar-refractivity contribution in [1.82, 2.24) is 9.97 Å². The number of rotatable bonds is 9. The molecule has 3 rings (SSSR count). The maximum atomic E-state index is 4.70. The predicted molar refractivity (Wildman–Crippen MR) is 103 cm³/mol. The normalized spacial score (nSPS) is 11.4. The highest BCUT2D eigenvalue weighted by Gasteiger charge is 2.04. The van der Waals surface area contributed by atoms with Crippen LogP contribution in [0.3, 0.4) is 0 Å². The van der Waals surface area contributed by atoms with Crippen LogP contribution in [0.5, 0.6) is 0 Å². The largest absolute Gasteiger partial charge is 0.254 e. The van der Waals surface area contributed by atoms with Gasteiger partial charge in [0.05, 0.1) is 11.0 Å². The number of pyridine rings is 2. The third kappa shape index (κ3) is 4.31. The van der Waals surface area contributed by atoms with Gasteiger partial charge in [-0.3, -0.25) is 9.97 Å². The highest BCUT2D eigenvalue weighted by molar-refractivity contribution is 6.02. The molecule has 0 saturated heterocycles. The van der Waals surface area contributed by atoms with Gasteiger partial charge in [0.25, 0.3) is 0 Å². The molecule has 0 radical (unpaired) electrons. The van der Waals surface area contributed by atoms with Crippen LogP contribution in [0.15, 0.2) is 42.7 Å². The van der Waals surface area contributed by atoms with Gasteiger partial charge in [-0.1, -0.05) is 70.1 Å². The summed E-state index contributed by atoms with van der Waals surface area (Å²) in [5.74, 6) is 0. The molecule has 126 valence electrons. The van der Waals surface area contributed by atoms with E-state index in [9.17, 15) is 0 Å². The van der Waals surface area contributed by atoms with Crippen LogP contribution < -0.4 is 0 Å². The van der Waals surface area contributed by atoms with Gasteiger partial charge < -0.3 is 0 Å². The molecule has 0 saturated carbocycles. The molecule has 3 aromatic rings. The quantitative estimate of drug-likeness (QED) is 0.334. The number of fused-ring (bicyclic) bond motifs is 3. The Hall–Kier alpha value is -1.96. The van der Waals surface area contributed by atoms with Crippen molar-refractivity contribution in [2.75, 3.05) is 0 Å². The van der Waals surface area contributed by atoms with E-state index in [2.05, 4.69) is 36.2 Å². The minimum Gasteiger partial charge on any atom is -0.254 e. The smallest absolute Gasteiger partial charge is 0.0964 e. The van der Waals surface area contributed by atoms with Gasteiger partial charge in [0, 0.05) is 23.2 Å². The van der Waals surface area contributed by atoms with Gasteiger partial charge in [0.1, 0.15) is 0 Å². The Morgan fingerprint density at radius 2 is 1.46 bits per heavy atom. The average molecular weight is 320 g/mol. The lowest BCUT2D eigenvalue weighted by Crippen LogP contribution is -1.91. The van der Waals surface area contributed by atoms with E-state index in [0.717, 1.165) is 22.8 Å². The van der Waals surface area contributed by atoms with Crippen molar-refractivity contribution in [2.24, 2.45) is 0 Å². The van der Waals surface area contributed by atoms with Crippen LogP contribution in [0.4, 0.5) is 0 Å². The van der Waals surface area contributed by atoms with E-state index in [1.165, 1.54) is 62.3 Å². The third-order valence-corrected chi connectivity index (χ3v) is 4.80. The van der Waals surface area contributed by atoms with Crippen molar-refractivity contribution in [2.45, 2.75) is 64.7 Å². The lowest BCUT2D eigenvalue weighted by Gasteiger charge is -2.06. The molecule has 0 fully saturated rings. The number of unbranched alkanes of at least 4 members (excludes halogenated alkanes) is 7. The van der Waals surface area contributed by atoms with Crippen LogP contribution in [0.1, 0.15) is 63.9 Å². The fraction of sp³-hybridized carbons (Fsp3) is 0.455. The molecule has 0 N–H and O–H groups in total. The second-order valence-electron chi connectivity index (χ2n) is 6.78. The topological polar surface area (TPSA) is 25.8 Å². The average Bonchev–Trinajstić information content (AvgIpc) is 2.63. The fourth-order valence-electron chi connectivity index (χ4n) is 3.38. The minimum atomic E-state index is 1.01. The van der Waals surface area contributed by atoms with Gasteiger partial charge >= 0.3 is 0 Å². The van der Waals surface area contributed by atoms with Gasteiger partial charge in [0.2, 0.25) is 0 Å². The Labute approximate surface area is 145 Å². The Kier molecular flexibility index (Phi) is 6.17. The summed E-state index contributed by atoms with van der Waals surface area (Å²) in [5, 5.41) is 2.37. The molecule has 0 spiro atoms. The second kappa shape index (κ2) is 8.77. The first-order chi connectivity index (χ1) is 11.9. The maximum absolute atomic E-state index is 4.70. The van der Waals surface area contributed by atoms with Crippen molar-refractivity contribution in [1.29, 1.82) is 0 Å². The molecule has 0 atom stereocenters. The van der Waals surface area contributed by atoms with Gasteiger partial charge in [0.15, 0.2) is 0 Å². The van der Waals surface area contributed by atoms with E-state index < -0.39 is 0 Å². The van der Waals surface area contributed by atoms with Crippen molar-refractivity contribution >= 4 is 21.8 Å². The summed E-state index contributed by atoms with van der Waals surface area (Å²) < 4.78 is 0. The SMILES string of the molecule is CCCCCCCCCCc1cnc2c(ccc3cccnc32)c1. The zero-order valence-electron chi connectivity index (χ0n) is 14.8. The number of nitrogens with zero attached hydrogens (tertiary/aromatic N) is 2. The summed E-state index contributed by atoms with van der Waals surface area (Å²) in [6, 6.07) is 10.7. The Bertz CT molecular complexity index is 779. The summed E-state index contributed by atoms with van der Waals surface area (Å²) in [5.41, 5.74) is 3.38. The first-order valence-corrected chi connectivity index (χ1v) is 9.51. The van der Waals surface area contributed by atoms with Gasteiger partial charge in [-0.2, -0.15) is 0 Å². The number of aromatic nitrogens is 2. The maximum Gasteiger partial charge on any atom is 0.0964 e. The minimum absolute atomic E-state index is 1.01. The van der Waals surface area contributed by atoms with Gasteiger partial charge in [-0.25, -0.2) is 0 Å². The van der Waals surface area contributed by atoms with Crippen LogP contribution in [-0.2, 0) is 6.42 Å². The van der Waals surface area contributed by atoms with Crippen molar-refractivity contribution in [3.63, 3.8) is 0 Å². The molecule has 0 amide bonds. The Balaban J connectivity index is 1.54. The molecule has 0 bridgehead atoms. The predicted octanol–water partition coefficient (Wildman–Crippen LogP) is 6.47. The van der Waals surface area contributed by atoms with Crippen LogP contribution in [0.25, 0.3) is 21.8 Å². The highest BCUT2D eigenvalue weighted by Crippen LogP contribution is 2.23. The van der Waals surface area contributed by atoms with Crippen molar-refractivity contribution in [3.05, 3.63) is 48.3 Å². The lowest BCUT2D eigenvalue weighted by atomic mass is 10.0. The van der Waals surface area contributed by atoms with Crippen LogP contribution in [0.2, 0.25) is 0 Å². The number of aryl methyl sites for hydroxylation is 1. The van der Waals surface area contributed by atoms with Crippen molar-refractivity contribution in [3.8, 4) is 0 Å². The molecular formula is C22H28N2. The van der Waals surface area contributed by atoms with E-state index in [0.29, 0.717) is 0 Å². The number of hydrogen-bond acceptors (Lipinski definition) is 2. The lowest BCUT2D eigenvalue weighted by molar-refractivity contribution is 0.575. The molecule has 0 aliphatic rings. The molecule has 2 heteroatoms. The van der Waals surface area contributed by atoms with Crippen molar-refractivity contribution < 1.29 is 0 Å². The molecule has 2 aromatic heterocycles. The summed E-state index contributed by atoms with van der Waals surface area (Å²) in [7, 11) is 0. The molecule has 24 heavy (non-hydrogen) atoms. The first-order valence-electron chi connectivity index (χ1n) is 9.51. The van der Waals surface area contributed by atoms with E-state index in [-0.39, 0.29) is 0 Å². The Morgan fingerprint density at radius 3 is 2.29 bits per heavy atom. The molecule has 2 heterocycles. The summed E-state index contributed by atoms with van der Waals surface area (Å²) in [6.07, 6.45) is 15.9. The van der Waals surface area contributed by atoms with Crippen LogP contribution in [0, 0.1) is 0 Å². The van der Waals surface area contributed by atoms with E-state index in [1.54, 1.807) is 0 Å². The summed E-state index contributed by atoms with van der Waals surface area (Å²) in [4.78, 5) is 9.19. The van der Waals surface area contributed by atoms with E-state index in [1.807, 2.05) is 18.5 Å². The molecule has 2 nitrogen and oxygen atoms in total. The van der Waals surface area contributed by atoms with Crippen LogP contribution >= 0.6 is 0 Å². The van der Waals surface area contributed by atoms with Gasteiger partial charge in [-0.05, 0) is 30.5 Å². The number of hydrogen-bond donors (Lipinski definition) is 0.